The number of carbonyl (C=O) groups is 1. The monoisotopic (exact) mass is 1920 g/mol. The summed E-state index contributed by atoms with van der Waals surface area (Å²) < 4.78 is 247. The average Bonchev–Trinajstić information content (AvgIpc) is 1.74. The Hall–Kier alpha value is -10.5. The molecule has 0 aliphatic heterocycles. The lowest BCUT2D eigenvalue weighted by Gasteiger charge is -2.30. The Balaban J connectivity index is 0.000000165. The summed E-state index contributed by atoms with van der Waals surface area (Å²) in [6.45, 7) is 17.7. The van der Waals surface area contributed by atoms with Crippen molar-refractivity contribution in [3.8, 4) is 78.6 Å². The Labute approximate surface area is 790 Å². The summed E-state index contributed by atoms with van der Waals surface area (Å²) in [7, 11) is 1.29. The number of aliphatic hydroxyl groups excluding tert-OH is 4. The quantitative estimate of drug-likeness (QED) is 0.0361. The van der Waals surface area contributed by atoms with Crippen LogP contribution in [0.5, 0.6) is 23.0 Å². The summed E-state index contributed by atoms with van der Waals surface area (Å²) >= 11 is 0. The van der Waals surface area contributed by atoms with Gasteiger partial charge in [0.25, 0.3) is 0 Å². The second kappa shape index (κ2) is 44.3. The molecule has 5 aliphatic rings. The number of alkyl halides is 12. The summed E-state index contributed by atoms with van der Waals surface area (Å²) in [5.41, 5.74) is 14.3. The fraction of sp³-hybridized carbons (Fsp3) is 0.445. The van der Waals surface area contributed by atoms with Gasteiger partial charge >= 0.3 is 30.7 Å². The Bertz CT molecular complexity index is 5470. The zero-order valence-corrected chi connectivity index (χ0v) is 79.1. The van der Waals surface area contributed by atoms with E-state index in [4.69, 9.17) is 23.7 Å². The normalized spacial score (nSPS) is 19.0. The molecule has 10 aromatic carbocycles. The molecule has 0 heterocycles. The van der Waals surface area contributed by atoms with E-state index in [9.17, 15) is 99.9 Å². The second-order valence-corrected chi connectivity index (χ2v) is 39.9. The molecule has 0 aromatic heterocycles. The van der Waals surface area contributed by atoms with Crippen LogP contribution in [0.15, 0.2) is 182 Å². The molecule has 10 nitrogen and oxygen atoms in total. The number of ether oxygens (including phenoxy) is 5. The zero-order chi connectivity index (χ0) is 100. The molecule has 0 radical (unpaired) electrons. The maximum Gasteiger partial charge on any atom is 0.422 e. The largest absolute Gasteiger partial charge is 0.484 e. The van der Waals surface area contributed by atoms with Gasteiger partial charge in [0.1, 0.15) is 52.1 Å². The van der Waals surface area contributed by atoms with Crippen molar-refractivity contribution in [2.75, 3.05) is 33.5 Å². The fourth-order valence-corrected chi connectivity index (χ4v) is 20.5. The molecule has 5 fully saturated rings. The maximum absolute atomic E-state index is 14.7. The Kier molecular flexibility index (Phi) is 34.6. The predicted octanol–water partition coefficient (Wildman–Crippen LogP) is 30.8. The van der Waals surface area contributed by atoms with Gasteiger partial charge in [0, 0.05) is 27.8 Å². The molecular formula is C110H121F17O10. The number of hydrogen-bond donors (Lipinski definition) is 4. The van der Waals surface area contributed by atoms with Gasteiger partial charge in [-0.25, -0.2) is 26.7 Å². The maximum atomic E-state index is 14.7. The molecule has 10 aromatic rings. The first-order chi connectivity index (χ1) is 64.2. The van der Waals surface area contributed by atoms with Crippen LogP contribution >= 0.6 is 0 Å². The van der Waals surface area contributed by atoms with Gasteiger partial charge in [-0.15, -0.1) is 0 Å². The highest BCUT2D eigenvalue weighted by molar-refractivity contribution is 5.91. The minimum atomic E-state index is -4.49. The van der Waals surface area contributed by atoms with Crippen LogP contribution in [0.25, 0.3) is 55.6 Å². The third-order valence-electron chi connectivity index (χ3n) is 27.8. The number of aliphatic hydroxyl groups is 4. The lowest BCUT2D eigenvalue weighted by molar-refractivity contribution is -0.154. The third kappa shape index (κ3) is 27.8. The molecule has 15 rings (SSSR count). The first-order valence-corrected chi connectivity index (χ1v) is 46.2. The SMILES string of the molecule is CC1(C)CCCC1c1cc(CO)ccc1-c1cc(OCC(F)(F)F)ccc1F.CC1(C)CCC[C@@H]1c1cc(CO)ccc1-c1cc(OCC(F)(F)F)ccc1F.CC1(C)CCC[C@H]1c1cc(CO)ccc1-c1cc(OCC(F)(F)F)ccc1F.COC(=O)c1ccc(-c2cc(OCC(F)(F)F)ccc2F)c(C2CCCC2(C)C)c1.Cc1ccc(F)c(-c2ccc(CO)cc2C2CCCC2(C)C)c1. The van der Waals surface area contributed by atoms with Crippen molar-refractivity contribution in [2.45, 2.75) is 253 Å². The lowest BCUT2D eigenvalue weighted by atomic mass is 9.75. The van der Waals surface area contributed by atoms with Crippen LogP contribution < -0.4 is 18.9 Å². The number of benzene rings is 10. The van der Waals surface area contributed by atoms with Crippen molar-refractivity contribution in [2.24, 2.45) is 27.1 Å². The Morgan fingerprint density at radius 1 is 0.292 bits per heavy atom. The van der Waals surface area contributed by atoms with E-state index in [0.717, 1.165) is 163 Å². The average molecular weight is 1930 g/mol. The molecule has 5 saturated carbocycles. The number of hydrogen-bond acceptors (Lipinski definition) is 10. The summed E-state index contributed by atoms with van der Waals surface area (Å²) in [6, 6.07) is 46.6. The van der Waals surface area contributed by atoms with Crippen molar-refractivity contribution in [1.29, 1.82) is 0 Å². The number of methoxy groups -OCH3 is 1. The highest BCUT2D eigenvalue weighted by Gasteiger charge is 2.44. The van der Waals surface area contributed by atoms with Gasteiger partial charge in [0.2, 0.25) is 0 Å². The molecule has 0 amide bonds. The molecule has 137 heavy (non-hydrogen) atoms. The lowest BCUT2D eigenvalue weighted by Crippen LogP contribution is -2.19. The van der Waals surface area contributed by atoms with Crippen LogP contribution in [0.1, 0.15) is 261 Å². The van der Waals surface area contributed by atoms with Gasteiger partial charge in [0.15, 0.2) is 26.4 Å². The molecule has 3 unspecified atom stereocenters. The molecule has 0 spiro atoms. The number of carbonyl (C=O) groups excluding carboxylic acids is 1. The molecule has 740 valence electrons. The van der Waals surface area contributed by atoms with Crippen molar-refractivity contribution in [3.63, 3.8) is 0 Å². The van der Waals surface area contributed by atoms with Gasteiger partial charge in [0.05, 0.1) is 39.1 Å². The highest BCUT2D eigenvalue weighted by Crippen LogP contribution is 2.58. The van der Waals surface area contributed by atoms with Crippen LogP contribution in [0.3, 0.4) is 0 Å². The van der Waals surface area contributed by atoms with Crippen LogP contribution in [-0.4, -0.2) is 84.6 Å². The smallest absolute Gasteiger partial charge is 0.422 e. The van der Waals surface area contributed by atoms with E-state index in [1.54, 1.807) is 60.7 Å². The first-order valence-electron chi connectivity index (χ1n) is 46.2. The van der Waals surface area contributed by atoms with Gasteiger partial charge < -0.3 is 44.1 Å². The van der Waals surface area contributed by atoms with E-state index < -0.39 is 80.4 Å². The van der Waals surface area contributed by atoms with E-state index in [0.29, 0.717) is 39.3 Å². The number of aryl methyl sites for hydroxylation is 1. The predicted molar refractivity (Wildman–Crippen MR) is 497 cm³/mol. The van der Waals surface area contributed by atoms with Gasteiger partial charge in [-0.1, -0.05) is 192 Å². The van der Waals surface area contributed by atoms with Crippen molar-refractivity contribution in [1.82, 2.24) is 0 Å². The molecule has 5 atom stereocenters. The van der Waals surface area contributed by atoms with Crippen molar-refractivity contribution in [3.05, 3.63) is 272 Å². The standard InChI is InChI=1S/C23H24F4O3.3C22H24F4O2.C21H25FO/c1-22(2)10-4-5-19(22)17-11-14(21(28)29-3)6-8-16(17)18-12-15(7-9-20(18)24)30-13-23(25,26)27;3*1-21(2)9-3-4-19(21)17-10-14(12-27)5-7-16(17)18-11-15(6-8-20(18)23)28-13-22(24,25)26;1-14-6-9-20(22)18(11-14)16-8-7-15(13-23)12-17(16)19-5-4-10-21(19,2)3/h6-9,11-12,19H,4-5,10,13H2,1-3H3;3*5-8,10-11,19,27H,3-4,9,12-13H2,1-2H3;6-9,11-12,19,23H,4-5,10,13H2,1-3H3/t;2*19-;;/m.10../s1. The molecule has 0 saturated heterocycles. The van der Waals surface area contributed by atoms with Gasteiger partial charge in [-0.05, 0) is 303 Å². The van der Waals surface area contributed by atoms with Crippen molar-refractivity contribution < 1.29 is 124 Å². The van der Waals surface area contributed by atoms with Crippen LogP contribution in [-0.2, 0) is 31.2 Å². The third-order valence-corrected chi connectivity index (χ3v) is 27.8. The highest BCUT2D eigenvalue weighted by atomic mass is 19.4. The van der Waals surface area contributed by atoms with Crippen LogP contribution in [0.4, 0.5) is 74.6 Å². The number of halogens is 17. The minimum absolute atomic E-state index is 0.0176. The molecule has 5 aliphatic carbocycles. The second-order valence-electron chi connectivity index (χ2n) is 39.9. The zero-order valence-electron chi connectivity index (χ0n) is 79.1. The van der Waals surface area contributed by atoms with Gasteiger partial charge in [-0.3, -0.25) is 0 Å². The van der Waals surface area contributed by atoms with Gasteiger partial charge in [-0.2, -0.15) is 52.7 Å². The summed E-state index contributed by atoms with van der Waals surface area (Å²) in [6.07, 6.45) is -2.39. The summed E-state index contributed by atoms with van der Waals surface area (Å²) in [5, 5.41) is 38.1. The number of rotatable bonds is 23. The Morgan fingerprint density at radius 3 is 0.708 bits per heavy atom. The first kappa shape index (κ1) is 107. The van der Waals surface area contributed by atoms with Crippen molar-refractivity contribution >= 4 is 5.97 Å². The fourth-order valence-electron chi connectivity index (χ4n) is 20.5. The summed E-state index contributed by atoms with van der Waals surface area (Å²) in [4.78, 5) is 12.1. The van der Waals surface area contributed by atoms with E-state index in [2.05, 4.69) is 75.3 Å². The van der Waals surface area contributed by atoms with E-state index in [1.807, 2.05) is 43.3 Å². The molecule has 27 heteroatoms. The minimum Gasteiger partial charge on any atom is -0.484 e. The van der Waals surface area contributed by atoms with E-state index >= 15 is 0 Å². The molecule has 0 bridgehead atoms. The van der Waals surface area contributed by atoms with E-state index in [-0.39, 0.29) is 128 Å². The number of esters is 1. The topological polar surface area (TPSA) is 144 Å². The van der Waals surface area contributed by atoms with E-state index in [1.165, 1.54) is 80.1 Å². The van der Waals surface area contributed by atoms with Crippen LogP contribution in [0.2, 0.25) is 0 Å². The molecule has 4 N–H and O–H groups in total. The summed E-state index contributed by atoms with van der Waals surface area (Å²) in [5.74, 6) is -1.98. The molecular weight excluding hydrogens is 1800 g/mol. The van der Waals surface area contributed by atoms with Crippen LogP contribution in [0, 0.1) is 63.1 Å². The Morgan fingerprint density at radius 2 is 0.504 bits per heavy atom.